The van der Waals surface area contributed by atoms with Crippen molar-refractivity contribution in [3.8, 4) is 5.75 Å². The molecule has 3 heterocycles. The number of piperazine rings is 1. The second-order valence-corrected chi connectivity index (χ2v) is 6.93. The van der Waals surface area contributed by atoms with Gasteiger partial charge < -0.3 is 14.5 Å². The summed E-state index contributed by atoms with van der Waals surface area (Å²) in [6, 6.07) is 11.9. The number of benzene rings is 1. The highest BCUT2D eigenvalue weighted by atomic mass is 32.1. The minimum Gasteiger partial charge on any atom is -0.495 e. The predicted molar refractivity (Wildman–Crippen MR) is 101 cm³/mol. The predicted octanol–water partition coefficient (Wildman–Crippen LogP) is 3.27. The fourth-order valence-electron chi connectivity index (χ4n) is 3.19. The number of anilines is 1. The van der Waals surface area contributed by atoms with Crippen molar-refractivity contribution in [1.82, 2.24) is 9.88 Å². The van der Waals surface area contributed by atoms with Crippen molar-refractivity contribution < 1.29 is 9.53 Å². The van der Waals surface area contributed by atoms with Crippen LogP contribution < -0.4 is 9.64 Å². The van der Waals surface area contributed by atoms with Gasteiger partial charge >= 0.3 is 0 Å². The maximum Gasteiger partial charge on any atom is 0.272 e. The number of carbonyl (C=O) groups is 1. The van der Waals surface area contributed by atoms with Crippen LogP contribution in [0.1, 0.15) is 10.5 Å². The average Bonchev–Trinajstić information content (AvgIpc) is 3.15. The Morgan fingerprint density at radius 3 is 2.76 bits per heavy atom. The van der Waals surface area contributed by atoms with Crippen LogP contribution in [0.5, 0.6) is 5.75 Å². The smallest absolute Gasteiger partial charge is 0.272 e. The summed E-state index contributed by atoms with van der Waals surface area (Å²) < 4.78 is 6.55. The number of pyridine rings is 1. The van der Waals surface area contributed by atoms with Crippen molar-refractivity contribution in [2.75, 3.05) is 38.2 Å². The van der Waals surface area contributed by atoms with Gasteiger partial charge in [-0.15, -0.1) is 11.3 Å². The lowest BCUT2D eigenvalue weighted by atomic mass is 10.2. The summed E-state index contributed by atoms with van der Waals surface area (Å²) in [6.07, 6.45) is 1.79. The summed E-state index contributed by atoms with van der Waals surface area (Å²) in [5.74, 6) is 0.875. The fraction of sp³-hybridized carbons (Fsp3) is 0.263. The van der Waals surface area contributed by atoms with Crippen molar-refractivity contribution in [2.24, 2.45) is 0 Å². The Hall–Kier alpha value is -2.60. The highest BCUT2D eigenvalue weighted by Crippen LogP contribution is 2.28. The molecule has 5 nitrogen and oxygen atoms in total. The molecule has 0 aliphatic carbocycles. The van der Waals surface area contributed by atoms with Gasteiger partial charge in [-0.3, -0.25) is 4.79 Å². The van der Waals surface area contributed by atoms with Gasteiger partial charge in [-0.2, -0.15) is 0 Å². The van der Waals surface area contributed by atoms with Gasteiger partial charge in [-0.25, -0.2) is 4.98 Å². The van der Waals surface area contributed by atoms with Crippen LogP contribution in [0.15, 0.2) is 48.0 Å². The number of nitrogens with zero attached hydrogens (tertiary/aromatic N) is 3. The monoisotopic (exact) mass is 353 g/mol. The van der Waals surface area contributed by atoms with Crippen LogP contribution in [0.25, 0.3) is 10.1 Å². The first-order valence-corrected chi connectivity index (χ1v) is 9.15. The largest absolute Gasteiger partial charge is 0.495 e. The van der Waals surface area contributed by atoms with E-state index in [-0.39, 0.29) is 5.91 Å². The van der Waals surface area contributed by atoms with E-state index in [4.69, 9.17) is 4.74 Å². The molecule has 1 aliphatic rings. The molecular weight excluding hydrogens is 334 g/mol. The fourth-order valence-corrected chi connectivity index (χ4v) is 3.93. The molecule has 3 aromatic rings. The summed E-state index contributed by atoms with van der Waals surface area (Å²) in [5.41, 5.74) is 1.60. The van der Waals surface area contributed by atoms with E-state index in [1.165, 1.54) is 0 Å². The Bertz CT molecular complexity index is 900. The zero-order valence-electron chi connectivity index (χ0n) is 14.0. The lowest BCUT2D eigenvalue weighted by Crippen LogP contribution is -2.49. The highest BCUT2D eigenvalue weighted by molar-refractivity contribution is 7.17. The lowest BCUT2D eigenvalue weighted by Gasteiger charge is -2.36. The van der Waals surface area contributed by atoms with Gasteiger partial charge in [-0.05, 0) is 35.0 Å². The number of hydrogen-bond donors (Lipinski definition) is 0. The minimum atomic E-state index is 0.00720. The van der Waals surface area contributed by atoms with Gasteiger partial charge in [0.2, 0.25) is 0 Å². The molecule has 0 radical (unpaired) electrons. The third kappa shape index (κ3) is 3.05. The van der Waals surface area contributed by atoms with Gasteiger partial charge in [0.1, 0.15) is 11.4 Å². The molecule has 1 aromatic carbocycles. The third-order valence-electron chi connectivity index (χ3n) is 4.55. The van der Waals surface area contributed by atoms with E-state index in [0.717, 1.165) is 34.6 Å². The van der Waals surface area contributed by atoms with Crippen LogP contribution in [-0.4, -0.2) is 49.1 Å². The molecule has 1 fully saturated rings. The van der Waals surface area contributed by atoms with Crippen LogP contribution in [0.3, 0.4) is 0 Å². The first-order valence-electron chi connectivity index (χ1n) is 8.27. The van der Waals surface area contributed by atoms with E-state index >= 15 is 0 Å². The maximum absolute atomic E-state index is 12.8. The molecule has 1 saturated heterocycles. The van der Waals surface area contributed by atoms with Gasteiger partial charge in [0.25, 0.3) is 5.91 Å². The number of aromatic nitrogens is 1. The van der Waals surface area contributed by atoms with Gasteiger partial charge in [-0.1, -0.05) is 12.1 Å². The topological polar surface area (TPSA) is 45.7 Å². The molecule has 25 heavy (non-hydrogen) atoms. The molecule has 6 heteroatoms. The quantitative estimate of drug-likeness (QED) is 0.725. The van der Waals surface area contributed by atoms with Gasteiger partial charge in [0.05, 0.1) is 17.5 Å². The lowest BCUT2D eigenvalue weighted by molar-refractivity contribution is 0.0741. The number of para-hydroxylation sites is 2. The zero-order chi connectivity index (χ0) is 17.2. The summed E-state index contributed by atoms with van der Waals surface area (Å²) in [6.45, 7) is 2.93. The van der Waals surface area contributed by atoms with Crippen molar-refractivity contribution in [3.63, 3.8) is 0 Å². The first-order chi connectivity index (χ1) is 12.3. The molecule has 0 saturated carbocycles. The number of fused-ring (bicyclic) bond motifs is 1. The molecule has 2 aromatic heterocycles. The van der Waals surface area contributed by atoms with Crippen LogP contribution in [-0.2, 0) is 0 Å². The normalized spacial score (nSPS) is 14.8. The van der Waals surface area contributed by atoms with E-state index in [1.54, 1.807) is 24.6 Å². The molecule has 1 aliphatic heterocycles. The van der Waals surface area contributed by atoms with E-state index in [2.05, 4.69) is 16.0 Å². The molecule has 0 atom stereocenters. The van der Waals surface area contributed by atoms with Crippen molar-refractivity contribution in [2.45, 2.75) is 0 Å². The Kier molecular flexibility index (Phi) is 4.28. The van der Waals surface area contributed by atoms with Crippen molar-refractivity contribution >= 4 is 33.0 Å². The van der Waals surface area contributed by atoms with Gasteiger partial charge in [0, 0.05) is 32.4 Å². The highest BCUT2D eigenvalue weighted by Gasteiger charge is 2.24. The second kappa shape index (κ2) is 6.72. The molecule has 0 spiro atoms. The van der Waals surface area contributed by atoms with Crippen LogP contribution in [0.4, 0.5) is 5.69 Å². The van der Waals surface area contributed by atoms with Gasteiger partial charge in [0.15, 0.2) is 0 Å². The van der Waals surface area contributed by atoms with E-state index in [9.17, 15) is 4.79 Å². The van der Waals surface area contributed by atoms with Crippen LogP contribution >= 0.6 is 11.3 Å². The van der Waals surface area contributed by atoms with Crippen molar-refractivity contribution in [3.05, 3.63) is 53.7 Å². The van der Waals surface area contributed by atoms with Crippen molar-refractivity contribution in [1.29, 1.82) is 0 Å². The summed E-state index contributed by atoms with van der Waals surface area (Å²) in [5, 5.41) is 3.10. The Balaban J connectivity index is 1.46. The molecule has 0 bridgehead atoms. The average molecular weight is 353 g/mol. The van der Waals surface area contributed by atoms with E-state index in [1.807, 2.05) is 40.6 Å². The number of carbonyl (C=O) groups excluding carboxylic acids is 1. The number of ether oxygens (including phenoxy) is 1. The molecular formula is C19H19N3O2S. The number of rotatable bonds is 3. The zero-order valence-corrected chi connectivity index (χ0v) is 14.8. The van der Waals surface area contributed by atoms with E-state index in [0.29, 0.717) is 18.8 Å². The number of amides is 1. The molecule has 128 valence electrons. The SMILES string of the molecule is COc1ccccc1N1CCN(C(=O)c2cc3ccsc3cn2)CC1. The number of methoxy groups -OCH3 is 1. The standard InChI is InChI=1S/C19H19N3O2S/c1-24-17-5-3-2-4-16(17)21-7-9-22(10-8-21)19(23)15-12-14-6-11-25-18(14)13-20-15/h2-6,11-13H,7-10H2,1H3. The molecule has 0 N–H and O–H groups in total. The molecule has 0 unspecified atom stereocenters. The van der Waals surface area contributed by atoms with E-state index < -0.39 is 0 Å². The molecule has 1 amide bonds. The Morgan fingerprint density at radius 1 is 1.16 bits per heavy atom. The van der Waals surface area contributed by atoms with Crippen LogP contribution in [0.2, 0.25) is 0 Å². The Labute approximate surface area is 150 Å². The second-order valence-electron chi connectivity index (χ2n) is 5.98. The summed E-state index contributed by atoms with van der Waals surface area (Å²) in [7, 11) is 1.69. The first kappa shape index (κ1) is 15.9. The third-order valence-corrected chi connectivity index (χ3v) is 5.42. The number of thiophene rings is 1. The summed E-state index contributed by atoms with van der Waals surface area (Å²) >= 11 is 1.64. The Morgan fingerprint density at radius 2 is 1.96 bits per heavy atom. The molecule has 4 rings (SSSR count). The minimum absolute atomic E-state index is 0.00720. The van der Waals surface area contributed by atoms with Crippen LogP contribution in [0, 0.1) is 0 Å². The maximum atomic E-state index is 12.8. The summed E-state index contributed by atoms with van der Waals surface area (Å²) in [4.78, 5) is 21.2. The number of hydrogen-bond acceptors (Lipinski definition) is 5.